The maximum absolute atomic E-state index is 6.11. The van der Waals surface area contributed by atoms with Crippen molar-refractivity contribution in [3.63, 3.8) is 0 Å². The second-order valence-electron chi connectivity index (χ2n) is 5.59. The predicted octanol–water partition coefficient (Wildman–Crippen LogP) is 3.99. The van der Waals surface area contributed by atoms with E-state index in [2.05, 4.69) is 62.4 Å². The molecule has 0 aliphatic carbocycles. The molecule has 0 radical (unpaired) electrons. The summed E-state index contributed by atoms with van der Waals surface area (Å²) >= 11 is 0. The largest absolute Gasteiger partial charge is 0.364 e. The third kappa shape index (κ3) is 1.44. The van der Waals surface area contributed by atoms with Gasteiger partial charge in [0.05, 0.1) is 6.61 Å². The van der Waals surface area contributed by atoms with Crippen LogP contribution < -0.4 is 0 Å². The Hall–Kier alpha value is -1.60. The summed E-state index contributed by atoms with van der Waals surface area (Å²) in [5.74, 6) is 0. The van der Waals surface area contributed by atoms with Crippen LogP contribution in [0.25, 0.3) is 0 Å². The first-order valence-corrected chi connectivity index (χ1v) is 6.42. The molecule has 1 fully saturated rings. The Kier molecular flexibility index (Phi) is 2.53. The van der Waals surface area contributed by atoms with Crippen LogP contribution in [0.5, 0.6) is 0 Å². The molecule has 18 heavy (non-hydrogen) atoms. The van der Waals surface area contributed by atoms with Crippen LogP contribution in [0.3, 0.4) is 0 Å². The van der Waals surface area contributed by atoms with Gasteiger partial charge in [-0.3, -0.25) is 0 Å². The Morgan fingerprint density at radius 2 is 1.22 bits per heavy atom. The SMILES string of the molecule is CC1(C)COC1(c1ccccc1)c1ccccc1. The summed E-state index contributed by atoms with van der Waals surface area (Å²) in [4.78, 5) is 0. The number of ether oxygens (including phenoxy) is 1. The van der Waals surface area contributed by atoms with Crippen LogP contribution >= 0.6 is 0 Å². The summed E-state index contributed by atoms with van der Waals surface area (Å²) in [7, 11) is 0. The average molecular weight is 238 g/mol. The number of rotatable bonds is 2. The van der Waals surface area contributed by atoms with Crippen LogP contribution in [0.2, 0.25) is 0 Å². The highest BCUT2D eigenvalue weighted by molar-refractivity contribution is 5.41. The highest BCUT2D eigenvalue weighted by Crippen LogP contribution is 2.55. The fourth-order valence-electron chi connectivity index (χ4n) is 2.97. The second kappa shape index (κ2) is 3.96. The smallest absolute Gasteiger partial charge is 0.125 e. The van der Waals surface area contributed by atoms with E-state index in [0.717, 1.165) is 6.61 Å². The van der Waals surface area contributed by atoms with Crippen molar-refractivity contribution >= 4 is 0 Å². The van der Waals surface area contributed by atoms with Crippen LogP contribution in [-0.2, 0) is 10.3 Å². The number of hydrogen-bond donors (Lipinski definition) is 0. The second-order valence-corrected chi connectivity index (χ2v) is 5.59. The van der Waals surface area contributed by atoms with Gasteiger partial charge >= 0.3 is 0 Å². The number of benzene rings is 2. The summed E-state index contributed by atoms with van der Waals surface area (Å²) in [6.45, 7) is 5.35. The summed E-state index contributed by atoms with van der Waals surface area (Å²) in [6.07, 6.45) is 0. The molecule has 1 heterocycles. The van der Waals surface area contributed by atoms with E-state index in [0.29, 0.717) is 0 Å². The van der Waals surface area contributed by atoms with Crippen molar-refractivity contribution in [2.24, 2.45) is 5.41 Å². The monoisotopic (exact) mass is 238 g/mol. The molecule has 0 bridgehead atoms. The zero-order chi connectivity index (χ0) is 12.6. The fourth-order valence-corrected chi connectivity index (χ4v) is 2.97. The maximum Gasteiger partial charge on any atom is 0.125 e. The van der Waals surface area contributed by atoms with E-state index in [4.69, 9.17) is 4.74 Å². The lowest BCUT2D eigenvalue weighted by molar-refractivity contribution is -0.235. The lowest BCUT2D eigenvalue weighted by Crippen LogP contribution is -2.58. The Labute approximate surface area is 108 Å². The standard InChI is InChI=1S/C17H18O/c1-16(2)13-18-17(16,14-9-5-3-6-10-14)15-11-7-4-8-12-15/h3-12H,13H2,1-2H3. The Morgan fingerprint density at radius 1 is 0.778 bits per heavy atom. The van der Waals surface area contributed by atoms with E-state index in [9.17, 15) is 0 Å². The minimum absolute atomic E-state index is 0.121. The quantitative estimate of drug-likeness (QED) is 0.768. The van der Waals surface area contributed by atoms with Crippen molar-refractivity contribution < 1.29 is 4.74 Å². The van der Waals surface area contributed by atoms with Gasteiger partial charge in [-0.2, -0.15) is 0 Å². The first-order chi connectivity index (χ1) is 8.67. The Morgan fingerprint density at radius 3 is 1.50 bits per heavy atom. The van der Waals surface area contributed by atoms with Gasteiger partial charge in [0.2, 0.25) is 0 Å². The van der Waals surface area contributed by atoms with E-state index >= 15 is 0 Å². The van der Waals surface area contributed by atoms with Crippen LogP contribution in [0.1, 0.15) is 25.0 Å². The van der Waals surface area contributed by atoms with Gasteiger partial charge in [0.1, 0.15) is 5.60 Å². The highest BCUT2D eigenvalue weighted by Gasteiger charge is 2.56. The molecule has 0 unspecified atom stereocenters. The molecule has 3 rings (SSSR count). The molecule has 1 nitrogen and oxygen atoms in total. The zero-order valence-corrected chi connectivity index (χ0v) is 10.9. The van der Waals surface area contributed by atoms with E-state index in [-0.39, 0.29) is 11.0 Å². The lowest BCUT2D eigenvalue weighted by atomic mass is 9.63. The molecule has 0 amide bonds. The normalized spacial score (nSPS) is 20.1. The van der Waals surface area contributed by atoms with Crippen molar-refractivity contribution in [1.82, 2.24) is 0 Å². The molecule has 2 aromatic carbocycles. The molecular weight excluding hydrogens is 220 g/mol. The average Bonchev–Trinajstić information content (AvgIpc) is 2.41. The molecule has 0 N–H and O–H groups in total. The Balaban J connectivity index is 2.18. The molecule has 0 aromatic heterocycles. The third-order valence-corrected chi connectivity index (χ3v) is 3.96. The molecule has 1 aliphatic rings. The van der Waals surface area contributed by atoms with E-state index in [1.807, 2.05) is 12.1 Å². The molecule has 0 saturated carbocycles. The van der Waals surface area contributed by atoms with Crippen molar-refractivity contribution in [1.29, 1.82) is 0 Å². The van der Waals surface area contributed by atoms with E-state index in [1.54, 1.807) is 0 Å². The van der Waals surface area contributed by atoms with Crippen LogP contribution in [0, 0.1) is 5.41 Å². The molecule has 0 spiro atoms. The topological polar surface area (TPSA) is 9.23 Å². The summed E-state index contributed by atoms with van der Waals surface area (Å²) in [5, 5.41) is 0. The first-order valence-electron chi connectivity index (χ1n) is 6.42. The van der Waals surface area contributed by atoms with Crippen molar-refractivity contribution in [3.8, 4) is 0 Å². The van der Waals surface area contributed by atoms with Gasteiger partial charge in [0, 0.05) is 5.41 Å². The van der Waals surface area contributed by atoms with Gasteiger partial charge in [0.25, 0.3) is 0 Å². The minimum Gasteiger partial charge on any atom is -0.364 e. The molecule has 1 aliphatic heterocycles. The summed E-state index contributed by atoms with van der Waals surface area (Å²) in [6, 6.07) is 21.1. The summed E-state index contributed by atoms with van der Waals surface area (Å²) < 4.78 is 6.11. The zero-order valence-electron chi connectivity index (χ0n) is 10.9. The van der Waals surface area contributed by atoms with Gasteiger partial charge in [-0.15, -0.1) is 0 Å². The summed E-state index contributed by atoms with van der Waals surface area (Å²) in [5.41, 5.74) is 2.31. The Bertz CT molecular complexity index is 489. The fraction of sp³-hybridized carbons (Fsp3) is 0.294. The molecular formula is C17H18O. The van der Waals surface area contributed by atoms with Crippen LogP contribution in [0.4, 0.5) is 0 Å². The third-order valence-electron chi connectivity index (χ3n) is 3.96. The number of hydrogen-bond acceptors (Lipinski definition) is 1. The van der Waals surface area contributed by atoms with E-state index in [1.165, 1.54) is 11.1 Å². The maximum atomic E-state index is 6.11. The van der Waals surface area contributed by atoms with Crippen molar-refractivity contribution in [2.75, 3.05) is 6.61 Å². The molecule has 2 aromatic rings. The van der Waals surface area contributed by atoms with Crippen LogP contribution in [0.15, 0.2) is 60.7 Å². The van der Waals surface area contributed by atoms with Gasteiger partial charge in [0.15, 0.2) is 0 Å². The van der Waals surface area contributed by atoms with Crippen molar-refractivity contribution in [2.45, 2.75) is 19.4 Å². The molecule has 1 heteroatoms. The van der Waals surface area contributed by atoms with Crippen LogP contribution in [-0.4, -0.2) is 6.61 Å². The predicted molar refractivity (Wildman–Crippen MR) is 73.4 cm³/mol. The van der Waals surface area contributed by atoms with Gasteiger partial charge < -0.3 is 4.74 Å². The molecule has 92 valence electrons. The van der Waals surface area contributed by atoms with Crippen molar-refractivity contribution in [3.05, 3.63) is 71.8 Å². The highest BCUT2D eigenvalue weighted by atomic mass is 16.5. The lowest BCUT2D eigenvalue weighted by Gasteiger charge is -2.56. The minimum atomic E-state index is -0.296. The molecule has 0 atom stereocenters. The first kappa shape index (κ1) is 11.5. The van der Waals surface area contributed by atoms with Gasteiger partial charge in [-0.1, -0.05) is 74.5 Å². The molecule has 1 saturated heterocycles. The van der Waals surface area contributed by atoms with E-state index < -0.39 is 0 Å². The van der Waals surface area contributed by atoms with Gasteiger partial charge in [-0.25, -0.2) is 0 Å². The van der Waals surface area contributed by atoms with Gasteiger partial charge in [-0.05, 0) is 11.1 Å².